The van der Waals surface area contributed by atoms with Gasteiger partial charge in [-0.15, -0.1) is 0 Å². The molecule has 1 rings (SSSR count). The van der Waals surface area contributed by atoms with Crippen molar-refractivity contribution in [3.63, 3.8) is 0 Å². The molecule has 0 heterocycles. The molecule has 1 saturated carbocycles. The summed E-state index contributed by atoms with van der Waals surface area (Å²) in [4.78, 5) is 0. The second-order valence-corrected chi connectivity index (χ2v) is 5.42. The predicted molar refractivity (Wildman–Crippen MR) is 58.6 cm³/mol. The normalized spacial score (nSPS) is 21.9. The zero-order valence-corrected chi connectivity index (χ0v) is 9.47. The van der Waals surface area contributed by atoms with Crippen molar-refractivity contribution in [2.24, 2.45) is 23.0 Å². The molecular weight excluding hydrogens is 158 g/mol. The van der Waals surface area contributed by atoms with Gasteiger partial charge >= 0.3 is 0 Å². The van der Waals surface area contributed by atoms with E-state index in [1.54, 1.807) is 0 Å². The van der Waals surface area contributed by atoms with E-state index in [2.05, 4.69) is 20.8 Å². The van der Waals surface area contributed by atoms with Crippen molar-refractivity contribution < 1.29 is 0 Å². The van der Waals surface area contributed by atoms with E-state index in [4.69, 9.17) is 5.73 Å². The SMILES string of the molecule is CC(C)CCCC(C)(CN)C1CC1. The van der Waals surface area contributed by atoms with Crippen molar-refractivity contribution in [3.8, 4) is 0 Å². The van der Waals surface area contributed by atoms with Gasteiger partial charge in [0.25, 0.3) is 0 Å². The van der Waals surface area contributed by atoms with Gasteiger partial charge in [0.2, 0.25) is 0 Å². The summed E-state index contributed by atoms with van der Waals surface area (Å²) in [6, 6.07) is 0. The van der Waals surface area contributed by atoms with Gasteiger partial charge in [-0.05, 0) is 43.1 Å². The molecule has 0 saturated heterocycles. The average Bonchev–Trinajstić information content (AvgIpc) is 2.85. The highest BCUT2D eigenvalue weighted by Gasteiger charge is 2.39. The van der Waals surface area contributed by atoms with Gasteiger partial charge in [-0.1, -0.05) is 33.6 Å². The van der Waals surface area contributed by atoms with Gasteiger partial charge < -0.3 is 5.73 Å². The van der Waals surface area contributed by atoms with Gasteiger partial charge in [-0.25, -0.2) is 0 Å². The molecule has 78 valence electrons. The van der Waals surface area contributed by atoms with E-state index in [0.29, 0.717) is 5.41 Å². The quantitative estimate of drug-likeness (QED) is 0.672. The minimum atomic E-state index is 0.467. The Balaban J connectivity index is 2.23. The topological polar surface area (TPSA) is 26.0 Å². The first-order chi connectivity index (χ1) is 6.08. The van der Waals surface area contributed by atoms with Crippen LogP contribution in [0.25, 0.3) is 0 Å². The van der Waals surface area contributed by atoms with E-state index in [-0.39, 0.29) is 0 Å². The maximum absolute atomic E-state index is 5.86. The van der Waals surface area contributed by atoms with Crippen LogP contribution in [0.5, 0.6) is 0 Å². The lowest BCUT2D eigenvalue weighted by Gasteiger charge is -2.28. The molecule has 1 aliphatic rings. The minimum absolute atomic E-state index is 0.467. The Morgan fingerprint density at radius 1 is 1.38 bits per heavy atom. The number of hydrogen-bond donors (Lipinski definition) is 1. The summed E-state index contributed by atoms with van der Waals surface area (Å²) in [6.07, 6.45) is 6.92. The highest BCUT2D eigenvalue weighted by Crippen LogP contribution is 2.47. The first-order valence-electron chi connectivity index (χ1n) is 5.78. The summed E-state index contributed by atoms with van der Waals surface area (Å²) in [6.45, 7) is 7.87. The molecule has 1 aliphatic carbocycles. The van der Waals surface area contributed by atoms with Crippen molar-refractivity contribution in [1.82, 2.24) is 0 Å². The molecule has 0 amide bonds. The van der Waals surface area contributed by atoms with Gasteiger partial charge in [0, 0.05) is 0 Å². The van der Waals surface area contributed by atoms with Crippen molar-refractivity contribution in [2.75, 3.05) is 6.54 Å². The van der Waals surface area contributed by atoms with Crippen LogP contribution in [0.1, 0.15) is 52.9 Å². The first kappa shape index (κ1) is 11.0. The summed E-state index contributed by atoms with van der Waals surface area (Å²) in [5.74, 6) is 1.80. The Labute approximate surface area is 83.1 Å². The van der Waals surface area contributed by atoms with Crippen LogP contribution >= 0.6 is 0 Å². The summed E-state index contributed by atoms with van der Waals surface area (Å²) in [5, 5.41) is 0. The number of nitrogens with two attached hydrogens (primary N) is 1. The zero-order valence-electron chi connectivity index (χ0n) is 9.47. The average molecular weight is 183 g/mol. The highest BCUT2D eigenvalue weighted by atomic mass is 14.6. The van der Waals surface area contributed by atoms with Gasteiger partial charge in [0.1, 0.15) is 0 Å². The van der Waals surface area contributed by atoms with Gasteiger partial charge in [-0.2, -0.15) is 0 Å². The molecule has 1 atom stereocenters. The van der Waals surface area contributed by atoms with E-state index in [1.165, 1.54) is 32.1 Å². The van der Waals surface area contributed by atoms with Crippen molar-refractivity contribution in [1.29, 1.82) is 0 Å². The molecule has 2 N–H and O–H groups in total. The lowest BCUT2D eigenvalue weighted by Crippen LogP contribution is -2.29. The lowest BCUT2D eigenvalue weighted by molar-refractivity contribution is 0.246. The molecular formula is C12H25N. The molecule has 0 radical (unpaired) electrons. The zero-order chi connectivity index (χ0) is 9.90. The third kappa shape index (κ3) is 3.30. The van der Waals surface area contributed by atoms with Crippen LogP contribution in [0.4, 0.5) is 0 Å². The minimum Gasteiger partial charge on any atom is -0.330 e. The van der Waals surface area contributed by atoms with E-state index in [9.17, 15) is 0 Å². The largest absolute Gasteiger partial charge is 0.330 e. The Kier molecular flexibility index (Phi) is 3.78. The third-order valence-electron chi connectivity index (χ3n) is 3.56. The van der Waals surface area contributed by atoms with Crippen LogP contribution in [0.3, 0.4) is 0 Å². The summed E-state index contributed by atoms with van der Waals surface area (Å²) >= 11 is 0. The van der Waals surface area contributed by atoms with Crippen molar-refractivity contribution in [3.05, 3.63) is 0 Å². The van der Waals surface area contributed by atoms with Crippen LogP contribution in [0.15, 0.2) is 0 Å². The molecule has 13 heavy (non-hydrogen) atoms. The molecule has 1 nitrogen and oxygen atoms in total. The second-order valence-electron chi connectivity index (χ2n) is 5.42. The number of rotatable bonds is 6. The summed E-state index contributed by atoms with van der Waals surface area (Å²) in [5.41, 5.74) is 6.33. The molecule has 1 fully saturated rings. The first-order valence-corrected chi connectivity index (χ1v) is 5.78. The van der Waals surface area contributed by atoms with Crippen LogP contribution in [0, 0.1) is 17.3 Å². The third-order valence-corrected chi connectivity index (χ3v) is 3.56. The fourth-order valence-electron chi connectivity index (χ4n) is 2.17. The standard InChI is InChI=1S/C12H25N/c1-10(2)5-4-8-12(3,9-13)11-6-7-11/h10-11H,4-9,13H2,1-3H3. The molecule has 1 heteroatoms. The van der Waals surface area contributed by atoms with Gasteiger partial charge in [0.05, 0.1) is 0 Å². The molecule has 0 aromatic rings. The predicted octanol–water partition coefficient (Wildman–Crippen LogP) is 3.19. The summed E-state index contributed by atoms with van der Waals surface area (Å²) < 4.78 is 0. The maximum atomic E-state index is 5.86. The lowest BCUT2D eigenvalue weighted by atomic mass is 9.79. The molecule has 0 aromatic carbocycles. The van der Waals surface area contributed by atoms with E-state index < -0.39 is 0 Å². The van der Waals surface area contributed by atoms with E-state index in [0.717, 1.165) is 18.4 Å². The van der Waals surface area contributed by atoms with Crippen LogP contribution in [-0.4, -0.2) is 6.54 Å². The van der Waals surface area contributed by atoms with Crippen LogP contribution < -0.4 is 5.73 Å². The second kappa shape index (κ2) is 4.45. The smallest absolute Gasteiger partial charge is 0.00205 e. The Hall–Kier alpha value is -0.0400. The van der Waals surface area contributed by atoms with Gasteiger partial charge in [0.15, 0.2) is 0 Å². The van der Waals surface area contributed by atoms with Crippen LogP contribution in [0.2, 0.25) is 0 Å². The molecule has 0 aromatic heterocycles. The van der Waals surface area contributed by atoms with Crippen molar-refractivity contribution >= 4 is 0 Å². The maximum Gasteiger partial charge on any atom is -0.00205 e. The van der Waals surface area contributed by atoms with Gasteiger partial charge in [-0.3, -0.25) is 0 Å². The van der Waals surface area contributed by atoms with Crippen molar-refractivity contribution in [2.45, 2.75) is 52.9 Å². The molecule has 0 bridgehead atoms. The monoisotopic (exact) mass is 183 g/mol. The van der Waals surface area contributed by atoms with E-state index in [1.807, 2.05) is 0 Å². The Morgan fingerprint density at radius 2 is 2.00 bits per heavy atom. The highest BCUT2D eigenvalue weighted by molar-refractivity contribution is 4.91. The fourth-order valence-corrected chi connectivity index (χ4v) is 2.17. The van der Waals surface area contributed by atoms with Crippen LogP contribution in [-0.2, 0) is 0 Å². The molecule has 0 aliphatic heterocycles. The molecule has 0 spiro atoms. The van der Waals surface area contributed by atoms with E-state index >= 15 is 0 Å². The molecule has 1 unspecified atom stereocenters. The summed E-state index contributed by atoms with van der Waals surface area (Å²) in [7, 11) is 0. The number of hydrogen-bond acceptors (Lipinski definition) is 1. The Bertz CT molecular complexity index is 149. The Morgan fingerprint density at radius 3 is 2.38 bits per heavy atom. The fraction of sp³-hybridized carbons (Fsp3) is 1.00.